The van der Waals surface area contributed by atoms with Gasteiger partial charge in [-0.25, -0.2) is 9.69 Å². The van der Waals surface area contributed by atoms with E-state index in [4.69, 9.17) is 4.74 Å². The van der Waals surface area contributed by atoms with E-state index in [-0.39, 0.29) is 17.9 Å². The zero-order valence-electron chi connectivity index (χ0n) is 19.7. The number of urea groups is 1. The Hall–Kier alpha value is -3.03. The molecule has 1 aromatic heterocycles. The first-order valence-corrected chi connectivity index (χ1v) is 11.9. The third kappa shape index (κ3) is 3.14. The number of carbonyl (C=O) groups is 3. The number of nitrogens with one attached hydrogen (secondary N) is 2. The summed E-state index contributed by atoms with van der Waals surface area (Å²) in [5, 5.41) is 4.11. The highest BCUT2D eigenvalue weighted by atomic mass is 16.5. The van der Waals surface area contributed by atoms with Crippen LogP contribution in [0.3, 0.4) is 0 Å². The van der Waals surface area contributed by atoms with Gasteiger partial charge in [0.25, 0.3) is 5.91 Å². The second kappa shape index (κ2) is 7.78. The van der Waals surface area contributed by atoms with Gasteiger partial charge in [0.15, 0.2) is 5.54 Å². The summed E-state index contributed by atoms with van der Waals surface area (Å²) in [5.41, 5.74) is 1.49. The number of rotatable bonds is 4. The first kappa shape index (κ1) is 21.8. The van der Waals surface area contributed by atoms with Crippen LogP contribution in [-0.4, -0.2) is 58.4 Å². The summed E-state index contributed by atoms with van der Waals surface area (Å²) in [6.07, 6.45) is 4.92. The highest BCUT2D eigenvalue weighted by molar-refractivity contribution is 6.11. The minimum Gasteiger partial charge on any atom is -0.497 e. The molecular weight excluding hydrogens is 420 g/mol. The van der Waals surface area contributed by atoms with Gasteiger partial charge in [-0.15, -0.1) is 0 Å². The smallest absolute Gasteiger partial charge is 0.328 e. The SMILES string of the molecule is COc1ccc2[nH]c3c(c2c1)CCN1C(=O)N([C@@H](C)C(=O)N[C@@H]2CCCC[C@@H]2C)C(=O)[C@]31C. The van der Waals surface area contributed by atoms with Crippen LogP contribution in [0.4, 0.5) is 4.79 Å². The van der Waals surface area contributed by atoms with Gasteiger partial charge in [-0.1, -0.05) is 19.8 Å². The second-order valence-corrected chi connectivity index (χ2v) is 9.87. The van der Waals surface area contributed by atoms with E-state index in [0.29, 0.717) is 18.9 Å². The lowest BCUT2D eigenvalue weighted by Crippen LogP contribution is -2.52. The van der Waals surface area contributed by atoms with Gasteiger partial charge in [0, 0.05) is 23.5 Å². The first-order chi connectivity index (χ1) is 15.8. The summed E-state index contributed by atoms with van der Waals surface area (Å²) in [5.74, 6) is 0.524. The van der Waals surface area contributed by atoms with Crippen LogP contribution in [0.25, 0.3) is 10.9 Å². The van der Waals surface area contributed by atoms with Crippen molar-refractivity contribution in [1.82, 2.24) is 20.1 Å². The van der Waals surface area contributed by atoms with Gasteiger partial charge in [-0.2, -0.15) is 0 Å². The van der Waals surface area contributed by atoms with Crippen molar-refractivity contribution in [3.63, 3.8) is 0 Å². The van der Waals surface area contributed by atoms with Crippen molar-refractivity contribution in [3.8, 4) is 5.75 Å². The molecule has 3 heterocycles. The van der Waals surface area contributed by atoms with Crippen molar-refractivity contribution in [2.75, 3.05) is 13.7 Å². The molecule has 2 aromatic rings. The number of H-pyrrole nitrogens is 1. The predicted molar refractivity (Wildman–Crippen MR) is 124 cm³/mol. The van der Waals surface area contributed by atoms with Gasteiger partial charge in [0.05, 0.1) is 12.8 Å². The molecule has 3 aliphatic rings. The van der Waals surface area contributed by atoms with E-state index in [9.17, 15) is 14.4 Å². The highest BCUT2D eigenvalue weighted by Crippen LogP contribution is 2.45. The van der Waals surface area contributed by atoms with E-state index in [1.807, 2.05) is 18.2 Å². The van der Waals surface area contributed by atoms with E-state index in [2.05, 4.69) is 17.2 Å². The summed E-state index contributed by atoms with van der Waals surface area (Å²) < 4.78 is 5.38. The van der Waals surface area contributed by atoms with Crippen LogP contribution >= 0.6 is 0 Å². The van der Waals surface area contributed by atoms with Gasteiger partial charge >= 0.3 is 6.03 Å². The molecule has 1 aliphatic carbocycles. The third-order valence-electron chi connectivity index (χ3n) is 8.00. The number of nitrogens with zero attached hydrogens (tertiary/aromatic N) is 2. The van der Waals surface area contributed by atoms with Crippen LogP contribution in [0, 0.1) is 5.92 Å². The van der Waals surface area contributed by atoms with Crippen molar-refractivity contribution >= 4 is 28.7 Å². The fourth-order valence-corrected chi connectivity index (χ4v) is 5.86. The number of methoxy groups -OCH3 is 1. The molecule has 2 N–H and O–H groups in total. The van der Waals surface area contributed by atoms with Crippen molar-refractivity contribution < 1.29 is 19.1 Å². The van der Waals surface area contributed by atoms with Crippen LogP contribution in [0.15, 0.2) is 18.2 Å². The van der Waals surface area contributed by atoms with Crippen LogP contribution in [-0.2, 0) is 21.5 Å². The number of imide groups is 1. The molecule has 1 aromatic carbocycles. The summed E-state index contributed by atoms with van der Waals surface area (Å²) in [4.78, 5) is 46.4. The van der Waals surface area contributed by atoms with Gasteiger partial charge in [-0.3, -0.25) is 9.59 Å². The Labute approximate surface area is 193 Å². The number of ether oxygens (including phenoxy) is 1. The molecule has 0 spiro atoms. The molecule has 1 saturated heterocycles. The van der Waals surface area contributed by atoms with Crippen LogP contribution in [0.1, 0.15) is 57.7 Å². The van der Waals surface area contributed by atoms with Crippen LogP contribution in [0.2, 0.25) is 0 Å². The topological polar surface area (TPSA) is 94.7 Å². The van der Waals surface area contributed by atoms with Gasteiger partial charge in [0.1, 0.15) is 11.8 Å². The third-order valence-corrected chi connectivity index (χ3v) is 8.00. The number of amides is 4. The summed E-state index contributed by atoms with van der Waals surface area (Å²) in [7, 11) is 1.63. The average molecular weight is 453 g/mol. The van der Waals surface area contributed by atoms with Gasteiger partial charge < -0.3 is 19.9 Å². The molecule has 2 aliphatic heterocycles. The maximum absolute atomic E-state index is 13.8. The lowest BCUT2D eigenvalue weighted by molar-refractivity contribution is -0.139. The molecule has 5 rings (SSSR count). The number of benzene rings is 1. The number of aromatic amines is 1. The number of aromatic nitrogens is 1. The Bertz CT molecular complexity index is 1140. The number of hydrogen-bond donors (Lipinski definition) is 2. The zero-order chi connectivity index (χ0) is 23.5. The molecule has 8 nitrogen and oxygen atoms in total. The monoisotopic (exact) mass is 452 g/mol. The Morgan fingerprint density at radius 1 is 1.27 bits per heavy atom. The van der Waals surface area contributed by atoms with Crippen molar-refractivity contribution in [2.45, 2.75) is 70.5 Å². The maximum atomic E-state index is 13.8. The Morgan fingerprint density at radius 3 is 2.76 bits per heavy atom. The Kier molecular flexibility index (Phi) is 5.14. The molecule has 8 heteroatoms. The normalized spacial score (nSPS) is 28.0. The van der Waals surface area contributed by atoms with Crippen molar-refractivity contribution in [3.05, 3.63) is 29.5 Å². The maximum Gasteiger partial charge on any atom is 0.328 e. The lowest BCUT2D eigenvalue weighted by atomic mass is 9.85. The van der Waals surface area contributed by atoms with E-state index in [1.54, 1.807) is 25.9 Å². The van der Waals surface area contributed by atoms with Crippen molar-refractivity contribution in [1.29, 1.82) is 0 Å². The van der Waals surface area contributed by atoms with Crippen LogP contribution < -0.4 is 10.1 Å². The number of fused-ring (bicyclic) bond motifs is 5. The summed E-state index contributed by atoms with van der Waals surface area (Å²) in [6.45, 7) is 6.00. The molecule has 4 atom stereocenters. The molecule has 4 amide bonds. The largest absolute Gasteiger partial charge is 0.497 e. The van der Waals surface area contributed by atoms with Crippen molar-refractivity contribution in [2.24, 2.45) is 5.92 Å². The molecule has 176 valence electrons. The minimum atomic E-state index is -1.16. The zero-order valence-corrected chi connectivity index (χ0v) is 19.7. The Balaban J connectivity index is 1.46. The van der Waals surface area contributed by atoms with E-state index >= 15 is 0 Å². The quantitative estimate of drug-likeness (QED) is 0.696. The lowest BCUT2D eigenvalue weighted by Gasteiger charge is -2.36. The average Bonchev–Trinajstić information content (AvgIpc) is 3.28. The van der Waals surface area contributed by atoms with Crippen LogP contribution in [0.5, 0.6) is 5.75 Å². The molecule has 0 radical (unpaired) electrons. The highest BCUT2D eigenvalue weighted by Gasteiger charge is 2.60. The molecular formula is C25H32N4O4. The standard InChI is InChI=1S/C25H32N4O4/c1-14-7-5-6-8-19(14)27-22(30)15(2)29-23(31)25(3)21-17(11-12-28(25)24(29)32)18-13-16(33-4)9-10-20(18)26-21/h9-10,13-15,19,26H,5-8,11-12H2,1-4H3,(H,27,30)/t14-,15-,19+,25-/m0/s1. The molecule has 1 saturated carbocycles. The van der Waals surface area contributed by atoms with Gasteiger partial charge in [-0.05, 0) is 62.8 Å². The molecule has 33 heavy (non-hydrogen) atoms. The second-order valence-electron chi connectivity index (χ2n) is 9.87. The molecule has 2 fully saturated rings. The number of carbonyl (C=O) groups excluding carboxylic acids is 3. The fourth-order valence-electron chi connectivity index (χ4n) is 5.86. The van der Waals surface area contributed by atoms with E-state index < -0.39 is 17.6 Å². The fraction of sp³-hybridized carbons (Fsp3) is 0.560. The summed E-state index contributed by atoms with van der Waals surface area (Å²) >= 11 is 0. The van der Waals surface area contributed by atoms with Gasteiger partial charge in [0.2, 0.25) is 5.91 Å². The molecule has 0 bridgehead atoms. The van der Waals surface area contributed by atoms with E-state index in [0.717, 1.165) is 52.1 Å². The minimum absolute atomic E-state index is 0.0926. The Morgan fingerprint density at radius 2 is 2.03 bits per heavy atom. The predicted octanol–water partition coefficient (Wildman–Crippen LogP) is 3.30. The summed E-state index contributed by atoms with van der Waals surface area (Å²) in [6, 6.07) is 4.59. The number of hydrogen-bond acceptors (Lipinski definition) is 4. The molecule has 0 unspecified atom stereocenters. The van der Waals surface area contributed by atoms with E-state index in [1.165, 1.54) is 6.42 Å². The first-order valence-electron chi connectivity index (χ1n) is 11.9.